The van der Waals surface area contributed by atoms with E-state index >= 15 is 0 Å². The highest BCUT2D eigenvalue weighted by molar-refractivity contribution is 5.50. The Morgan fingerprint density at radius 1 is 1.14 bits per heavy atom. The van der Waals surface area contributed by atoms with Crippen LogP contribution >= 0.6 is 0 Å². The van der Waals surface area contributed by atoms with Crippen molar-refractivity contribution >= 4 is 6.08 Å². The summed E-state index contributed by atoms with van der Waals surface area (Å²) in [5.74, 6) is 2.63. The van der Waals surface area contributed by atoms with Gasteiger partial charge in [0.05, 0.1) is 12.8 Å². The number of aryl methyl sites for hydroxylation is 2. The van der Waals surface area contributed by atoms with Gasteiger partial charge in [-0.05, 0) is 50.3 Å². The summed E-state index contributed by atoms with van der Waals surface area (Å²) in [4.78, 5) is 5.28. The van der Waals surface area contributed by atoms with Crippen LogP contribution in [0.1, 0.15) is 35.4 Å². The van der Waals surface area contributed by atoms with Crippen LogP contribution in [0.4, 0.5) is 0 Å². The van der Waals surface area contributed by atoms with Crippen molar-refractivity contribution in [3.63, 3.8) is 0 Å². The molecule has 3 saturated heterocycles. The summed E-state index contributed by atoms with van der Waals surface area (Å²) in [5, 5.41) is 4.12. The molecular formula is C23H31N3O2. The van der Waals surface area contributed by atoms with Gasteiger partial charge in [0.25, 0.3) is 0 Å². The first-order valence-electron chi connectivity index (χ1n) is 10.3. The molecule has 0 aliphatic carbocycles. The number of fused-ring (bicyclic) bond motifs is 4. The molecule has 0 N–H and O–H groups in total. The molecule has 5 nitrogen and oxygen atoms in total. The van der Waals surface area contributed by atoms with Crippen molar-refractivity contribution in [2.75, 3.05) is 33.3 Å². The Kier molecular flexibility index (Phi) is 5.83. The monoisotopic (exact) mass is 381 g/mol. The van der Waals surface area contributed by atoms with E-state index in [1.807, 2.05) is 19.1 Å². The zero-order chi connectivity index (χ0) is 19.5. The highest BCUT2D eigenvalue weighted by Gasteiger charge is 2.34. The molecule has 3 aliphatic rings. The van der Waals surface area contributed by atoms with Crippen molar-refractivity contribution in [1.82, 2.24) is 15.0 Å². The minimum absolute atomic E-state index is 0.639. The standard InChI is InChI=1S/C23H31N3O2/c1-17-23(18(2)28-24-17)16-25-13-20-6-9-21(15-25)26(14-20)12-4-5-19-7-10-22(27-3)11-8-19/h4-5,7-8,10-11,20-21H,6,9,12-16H2,1-3H3/t20-,21+/m0/s1. The van der Waals surface area contributed by atoms with Gasteiger partial charge in [-0.2, -0.15) is 0 Å². The molecule has 5 rings (SSSR count). The molecule has 1 aromatic carbocycles. The minimum atomic E-state index is 0.639. The Morgan fingerprint density at radius 2 is 1.96 bits per heavy atom. The highest BCUT2D eigenvalue weighted by atomic mass is 16.5. The second kappa shape index (κ2) is 8.50. The van der Waals surface area contributed by atoms with Gasteiger partial charge in [-0.15, -0.1) is 0 Å². The average molecular weight is 382 g/mol. The average Bonchev–Trinajstić information content (AvgIpc) is 2.88. The Bertz CT molecular complexity index is 792. The van der Waals surface area contributed by atoms with Gasteiger partial charge < -0.3 is 9.26 Å². The number of benzene rings is 1. The summed E-state index contributed by atoms with van der Waals surface area (Å²) in [6, 6.07) is 8.88. The lowest BCUT2D eigenvalue weighted by Gasteiger charge is -2.35. The van der Waals surface area contributed by atoms with Crippen LogP contribution in [0, 0.1) is 19.8 Å². The van der Waals surface area contributed by atoms with Crippen LogP contribution in [0.15, 0.2) is 34.9 Å². The summed E-state index contributed by atoms with van der Waals surface area (Å²) in [7, 11) is 1.70. The third-order valence-electron chi connectivity index (χ3n) is 6.23. The second-order valence-corrected chi connectivity index (χ2v) is 8.22. The molecule has 2 aromatic rings. The summed E-state index contributed by atoms with van der Waals surface area (Å²) in [6.45, 7) is 9.58. The van der Waals surface area contributed by atoms with E-state index in [1.54, 1.807) is 7.11 Å². The first-order chi connectivity index (χ1) is 13.6. The van der Waals surface area contributed by atoms with Crippen LogP contribution in [0.2, 0.25) is 0 Å². The van der Waals surface area contributed by atoms with Crippen LogP contribution in [0.25, 0.3) is 6.08 Å². The normalized spacial score (nSPS) is 23.4. The summed E-state index contributed by atoms with van der Waals surface area (Å²) < 4.78 is 10.6. The Balaban J connectivity index is 1.37. The van der Waals surface area contributed by atoms with Gasteiger partial charge in [0, 0.05) is 44.3 Å². The molecule has 0 saturated carbocycles. The maximum Gasteiger partial charge on any atom is 0.138 e. The molecule has 2 atom stereocenters. The lowest BCUT2D eigenvalue weighted by atomic mass is 9.95. The predicted octanol–water partition coefficient (Wildman–Crippen LogP) is 3.91. The van der Waals surface area contributed by atoms with E-state index in [9.17, 15) is 0 Å². The smallest absolute Gasteiger partial charge is 0.138 e. The van der Waals surface area contributed by atoms with E-state index < -0.39 is 0 Å². The lowest BCUT2D eigenvalue weighted by molar-refractivity contribution is 0.146. The predicted molar refractivity (Wildman–Crippen MR) is 111 cm³/mol. The van der Waals surface area contributed by atoms with Crippen LogP contribution in [0.3, 0.4) is 0 Å². The topological polar surface area (TPSA) is 41.7 Å². The van der Waals surface area contributed by atoms with Crippen molar-refractivity contribution in [3.8, 4) is 5.75 Å². The van der Waals surface area contributed by atoms with E-state index in [2.05, 4.69) is 46.2 Å². The van der Waals surface area contributed by atoms with Gasteiger partial charge in [-0.25, -0.2) is 0 Å². The first-order valence-corrected chi connectivity index (χ1v) is 10.3. The molecule has 3 fully saturated rings. The van der Waals surface area contributed by atoms with E-state index in [1.165, 1.54) is 37.1 Å². The second-order valence-electron chi connectivity index (χ2n) is 8.22. The molecule has 4 heterocycles. The fourth-order valence-electron chi connectivity index (χ4n) is 4.62. The number of nitrogens with zero attached hydrogens (tertiary/aromatic N) is 3. The van der Waals surface area contributed by atoms with Crippen molar-refractivity contribution in [3.05, 3.63) is 52.9 Å². The maximum atomic E-state index is 5.36. The Morgan fingerprint density at radius 3 is 2.68 bits per heavy atom. The number of ether oxygens (including phenoxy) is 1. The lowest BCUT2D eigenvalue weighted by Crippen LogP contribution is -2.43. The molecule has 1 aromatic heterocycles. The first kappa shape index (κ1) is 19.2. The number of hydrogen-bond donors (Lipinski definition) is 0. The van der Waals surface area contributed by atoms with Gasteiger partial charge in [0.15, 0.2) is 0 Å². The third kappa shape index (κ3) is 4.31. The van der Waals surface area contributed by atoms with Gasteiger partial charge in [0.2, 0.25) is 0 Å². The zero-order valence-corrected chi connectivity index (χ0v) is 17.2. The SMILES string of the molecule is COc1ccc(C=CCN2C[C@H]3CC[C@@H]2CN(Cc2c(C)noc2C)C3)cc1. The van der Waals surface area contributed by atoms with E-state index in [0.717, 1.165) is 42.8 Å². The summed E-state index contributed by atoms with van der Waals surface area (Å²) >= 11 is 0. The number of methoxy groups -OCH3 is 1. The zero-order valence-electron chi connectivity index (χ0n) is 17.2. The fourth-order valence-corrected chi connectivity index (χ4v) is 4.62. The van der Waals surface area contributed by atoms with Crippen molar-refractivity contribution in [1.29, 1.82) is 0 Å². The van der Waals surface area contributed by atoms with Crippen LogP contribution < -0.4 is 4.74 Å². The quantitative estimate of drug-likeness (QED) is 0.759. The number of hydrogen-bond acceptors (Lipinski definition) is 5. The third-order valence-corrected chi connectivity index (χ3v) is 6.23. The van der Waals surface area contributed by atoms with Crippen molar-refractivity contribution in [2.45, 2.75) is 39.3 Å². The molecule has 28 heavy (non-hydrogen) atoms. The van der Waals surface area contributed by atoms with Crippen LogP contribution in [0.5, 0.6) is 5.75 Å². The minimum Gasteiger partial charge on any atom is -0.497 e. The molecule has 3 aliphatic heterocycles. The van der Waals surface area contributed by atoms with E-state index in [0.29, 0.717) is 6.04 Å². The number of piperidine rings is 1. The molecular weight excluding hydrogens is 350 g/mol. The largest absolute Gasteiger partial charge is 0.497 e. The molecule has 0 radical (unpaired) electrons. The molecule has 150 valence electrons. The van der Waals surface area contributed by atoms with Gasteiger partial charge in [-0.3, -0.25) is 9.80 Å². The molecule has 0 amide bonds. The molecule has 0 spiro atoms. The van der Waals surface area contributed by atoms with Crippen molar-refractivity contribution in [2.24, 2.45) is 5.92 Å². The van der Waals surface area contributed by atoms with E-state index in [-0.39, 0.29) is 0 Å². The van der Waals surface area contributed by atoms with E-state index in [4.69, 9.17) is 9.26 Å². The van der Waals surface area contributed by atoms with Gasteiger partial charge in [0.1, 0.15) is 11.5 Å². The highest BCUT2D eigenvalue weighted by Crippen LogP contribution is 2.29. The summed E-state index contributed by atoms with van der Waals surface area (Å²) in [5.41, 5.74) is 3.53. The van der Waals surface area contributed by atoms with Crippen LogP contribution in [-0.4, -0.2) is 54.3 Å². The molecule has 5 heteroatoms. The van der Waals surface area contributed by atoms with Crippen molar-refractivity contribution < 1.29 is 9.26 Å². The number of rotatable bonds is 6. The van der Waals surface area contributed by atoms with Gasteiger partial charge in [-0.1, -0.05) is 29.4 Å². The van der Waals surface area contributed by atoms with Gasteiger partial charge >= 0.3 is 0 Å². The Labute approximate surface area is 167 Å². The summed E-state index contributed by atoms with van der Waals surface area (Å²) in [6.07, 6.45) is 7.18. The Hall–Kier alpha value is -2.11. The fraction of sp³-hybridized carbons (Fsp3) is 0.522. The number of aromatic nitrogens is 1. The van der Waals surface area contributed by atoms with Crippen LogP contribution in [-0.2, 0) is 6.54 Å². The maximum absolute atomic E-state index is 5.36. The molecule has 0 unspecified atom stereocenters. The molecule has 2 bridgehead atoms.